The van der Waals surface area contributed by atoms with Crippen molar-refractivity contribution in [1.82, 2.24) is 24.1 Å². The van der Waals surface area contributed by atoms with Gasteiger partial charge in [0.25, 0.3) is 0 Å². The third-order valence-corrected chi connectivity index (χ3v) is 8.42. The fourth-order valence-corrected chi connectivity index (χ4v) is 6.08. The van der Waals surface area contributed by atoms with Crippen LogP contribution in [0, 0.1) is 0 Å². The first kappa shape index (κ1) is 25.8. The Balaban J connectivity index is 1.28. The molecule has 0 N–H and O–H groups in total. The van der Waals surface area contributed by atoms with Crippen LogP contribution in [-0.2, 0) is 14.1 Å². The number of benzene rings is 6. The summed E-state index contributed by atoms with van der Waals surface area (Å²) in [4.78, 5) is 27.5. The van der Waals surface area contributed by atoms with Gasteiger partial charge in [0.2, 0.25) is 0 Å². The summed E-state index contributed by atoms with van der Waals surface area (Å²) in [6.45, 7) is 0. The van der Waals surface area contributed by atoms with Gasteiger partial charge in [0.15, 0.2) is 17.5 Å². The Kier molecular flexibility index (Phi) is 5.94. The number of fused-ring (bicyclic) bond motifs is 4. The summed E-state index contributed by atoms with van der Waals surface area (Å²) in [5.41, 5.74) is 6.65. The van der Waals surface area contributed by atoms with Crippen LogP contribution in [0.2, 0.25) is 0 Å². The number of rotatable bonds is 4. The summed E-state index contributed by atoms with van der Waals surface area (Å²) >= 11 is 0. The van der Waals surface area contributed by atoms with E-state index >= 15 is 0 Å². The highest BCUT2D eigenvalue weighted by Gasteiger charge is 2.16. The molecule has 0 amide bonds. The van der Waals surface area contributed by atoms with E-state index in [9.17, 15) is 4.79 Å². The van der Waals surface area contributed by atoms with Gasteiger partial charge in [0, 0.05) is 30.8 Å². The van der Waals surface area contributed by atoms with Crippen molar-refractivity contribution in [3.05, 3.63) is 138 Å². The molecule has 210 valence electrons. The van der Waals surface area contributed by atoms with E-state index in [4.69, 9.17) is 15.0 Å². The Morgan fingerprint density at radius 1 is 0.455 bits per heavy atom. The van der Waals surface area contributed by atoms with Crippen LogP contribution in [0.4, 0.5) is 0 Å². The molecule has 6 heteroatoms. The molecule has 0 aliphatic rings. The molecule has 0 saturated heterocycles. The van der Waals surface area contributed by atoms with Crippen LogP contribution in [0.5, 0.6) is 0 Å². The van der Waals surface area contributed by atoms with Crippen LogP contribution >= 0.6 is 0 Å². The van der Waals surface area contributed by atoms with Crippen LogP contribution in [0.3, 0.4) is 0 Å². The van der Waals surface area contributed by atoms with E-state index in [0.29, 0.717) is 17.5 Å². The van der Waals surface area contributed by atoms with Crippen molar-refractivity contribution in [2.24, 2.45) is 14.1 Å². The van der Waals surface area contributed by atoms with Gasteiger partial charge >= 0.3 is 5.69 Å². The standard InChI is InChI=1S/C38H27N5O/c1-42-33-21-20-27(23-34(33)43(2)38(42)44)24-16-18-26(19-17-24)36-39-35(25-10-4-3-5-11-25)40-37(41-36)32-22-28-12-6-7-13-29(28)30-14-8-9-15-31(30)32/h3-23H,1-2H3. The van der Waals surface area contributed by atoms with Crippen molar-refractivity contribution >= 4 is 32.6 Å². The molecule has 0 spiro atoms. The van der Waals surface area contributed by atoms with Gasteiger partial charge in [0.1, 0.15) is 0 Å². The number of aromatic nitrogens is 5. The van der Waals surface area contributed by atoms with Gasteiger partial charge in [0.05, 0.1) is 11.0 Å². The first-order valence-corrected chi connectivity index (χ1v) is 14.5. The van der Waals surface area contributed by atoms with Crippen LogP contribution in [0.25, 0.3) is 77.9 Å². The third-order valence-electron chi connectivity index (χ3n) is 8.42. The molecule has 0 bridgehead atoms. The van der Waals surface area contributed by atoms with Crippen LogP contribution in [-0.4, -0.2) is 24.1 Å². The van der Waals surface area contributed by atoms with Crippen LogP contribution in [0.1, 0.15) is 0 Å². The molecule has 6 nitrogen and oxygen atoms in total. The third kappa shape index (κ3) is 4.19. The average Bonchev–Trinajstić information content (AvgIpc) is 3.31. The number of nitrogens with zero attached hydrogens (tertiary/aromatic N) is 5. The predicted octanol–water partition coefficient (Wildman–Crippen LogP) is 8.04. The topological polar surface area (TPSA) is 65.6 Å². The highest BCUT2D eigenvalue weighted by molar-refractivity contribution is 6.13. The fourth-order valence-electron chi connectivity index (χ4n) is 6.08. The molecular formula is C38H27N5O. The van der Waals surface area contributed by atoms with Gasteiger partial charge < -0.3 is 0 Å². The molecule has 44 heavy (non-hydrogen) atoms. The second-order valence-electron chi connectivity index (χ2n) is 11.0. The van der Waals surface area contributed by atoms with E-state index in [2.05, 4.69) is 91.0 Å². The van der Waals surface area contributed by atoms with Crippen molar-refractivity contribution in [3.8, 4) is 45.3 Å². The Bertz CT molecular complexity index is 2420. The molecule has 0 unspecified atom stereocenters. The summed E-state index contributed by atoms with van der Waals surface area (Å²) in [6.07, 6.45) is 0. The van der Waals surface area contributed by atoms with Crippen molar-refractivity contribution < 1.29 is 0 Å². The zero-order chi connectivity index (χ0) is 29.8. The van der Waals surface area contributed by atoms with Gasteiger partial charge in [-0.05, 0) is 50.9 Å². The summed E-state index contributed by atoms with van der Waals surface area (Å²) in [6, 6.07) is 43.4. The van der Waals surface area contributed by atoms with E-state index in [1.807, 2.05) is 36.4 Å². The molecule has 0 radical (unpaired) electrons. The maximum atomic E-state index is 12.4. The molecule has 0 aliphatic heterocycles. The number of aryl methyl sites for hydroxylation is 2. The normalized spacial score (nSPS) is 11.5. The minimum absolute atomic E-state index is 0.0356. The molecule has 0 atom stereocenters. The van der Waals surface area contributed by atoms with Crippen molar-refractivity contribution in [3.63, 3.8) is 0 Å². The van der Waals surface area contributed by atoms with Gasteiger partial charge in [-0.1, -0.05) is 109 Å². The SMILES string of the molecule is Cn1c(=O)n(C)c2cc(-c3ccc(-c4nc(-c5ccccc5)nc(-c5cc6ccccc6c6ccccc56)n4)cc3)ccc21. The Morgan fingerprint density at radius 3 is 1.75 bits per heavy atom. The lowest BCUT2D eigenvalue weighted by molar-refractivity contribution is 0.795. The molecule has 8 aromatic rings. The maximum Gasteiger partial charge on any atom is 0.328 e. The van der Waals surface area contributed by atoms with Crippen molar-refractivity contribution in [2.75, 3.05) is 0 Å². The molecule has 0 fully saturated rings. The zero-order valence-corrected chi connectivity index (χ0v) is 24.3. The molecule has 2 aromatic heterocycles. The second kappa shape index (κ2) is 10.1. The van der Waals surface area contributed by atoms with Gasteiger partial charge in [-0.2, -0.15) is 0 Å². The molecule has 6 aromatic carbocycles. The van der Waals surface area contributed by atoms with Crippen molar-refractivity contribution in [1.29, 1.82) is 0 Å². The highest BCUT2D eigenvalue weighted by atomic mass is 16.1. The monoisotopic (exact) mass is 569 g/mol. The van der Waals surface area contributed by atoms with Crippen molar-refractivity contribution in [2.45, 2.75) is 0 Å². The summed E-state index contributed by atoms with van der Waals surface area (Å²) in [5.74, 6) is 1.87. The number of imidazole rings is 1. The largest absolute Gasteiger partial charge is 0.328 e. The zero-order valence-electron chi connectivity index (χ0n) is 24.3. The summed E-state index contributed by atoms with van der Waals surface area (Å²) in [7, 11) is 3.60. The molecular weight excluding hydrogens is 542 g/mol. The Hall–Kier alpha value is -5.88. The first-order chi connectivity index (χ1) is 21.5. The molecule has 2 heterocycles. The lowest BCUT2D eigenvalue weighted by Gasteiger charge is -2.12. The minimum Gasteiger partial charge on any atom is -0.295 e. The average molecular weight is 570 g/mol. The summed E-state index contributed by atoms with van der Waals surface area (Å²) < 4.78 is 3.35. The smallest absolute Gasteiger partial charge is 0.295 e. The van der Waals surface area contributed by atoms with Crippen LogP contribution in [0.15, 0.2) is 132 Å². The van der Waals surface area contributed by atoms with E-state index in [1.54, 1.807) is 23.2 Å². The molecule has 8 rings (SSSR count). The first-order valence-electron chi connectivity index (χ1n) is 14.5. The van der Waals surface area contributed by atoms with E-state index in [0.717, 1.165) is 49.6 Å². The lowest BCUT2D eigenvalue weighted by Crippen LogP contribution is -2.19. The van der Waals surface area contributed by atoms with Gasteiger partial charge in [-0.3, -0.25) is 9.13 Å². The quantitative estimate of drug-likeness (QED) is 0.201. The number of hydrogen-bond donors (Lipinski definition) is 0. The Labute approximate surface area is 253 Å². The van der Waals surface area contributed by atoms with E-state index in [-0.39, 0.29) is 5.69 Å². The highest BCUT2D eigenvalue weighted by Crippen LogP contribution is 2.35. The van der Waals surface area contributed by atoms with Gasteiger partial charge in [-0.15, -0.1) is 0 Å². The minimum atomic E-state index is -0.0356. The molecule has 0 saturated carbocycles. The maximum absolute atomic E-state index is 12.4. The van der Waals surface area contributed by atoms with E-state index < -0.39 is 0 Å². The van der Waals surface area contributed by atoms with Crippen LogP contribution < -0.4 is 5.69 Å². The Morgan fingerprint density at radius 2 is 1.00 bits per heavy atom. The predicted molar refractivity (Wildman–Crippen MR) is 178 cm³/mol. The van der Waals surface area contributed by atoms with Gasteiger partial charge in [-0.25, -0.2) is 19.7 Å². The fraction of sp³-hybridized carbons (Fsp3) is 0.0526. The number of hydrogen-bond acceptors (Lipinski definition) is 4. The summed E-state index contributed by atoms with van der Waals surface area (Å²) in [5, 5.41) is 4.61. The second-order valence-corrected chi connectivity index (χ2v) is 11.0. The lowest BCUT2D eigenvalue weighted by atomic mass is 9.97. The van der Waals surface area contributed by atoms with E-state index in [1.165, 1.54) is 10.8 Å². The molecule has 0 aliphatic carbocycles.